The van der Waals surface area contributed by atoms with Gasteiger partial charge in [-0.1, -0.05) is 82.9 Å². The maximum Gasteiger partial charge on any atom is 0.0663 e. The van der Waals surface area contributed by atoms with Crippen LogP contribution in [0.1, 0.15) is 85.0 Å². The molecule has 0 fully saturated rings. The van der Waals surface area contributed by atoms with Gasteiger partial charge in [0.15, 0.2) is 0 Å². The molecule has 0 aromatic carbocycles. The second-order valence-corrected chi connectivity index (χ2v) is 7.15. The van der Waals surface area contributed by atoms with Gasteiger partial charge in [0.25, 0.3) is 0 Å². The fourth-order valence-electron chi connectivity index (χ4n) is 2.45. The molecule has 1 atom stereocenters. The molecular formula is C15H33NS2. The van der Waals surface area contributed by atoms with Gasteiger partial charge in [-0.3, -0.25) is 0 Å². The third kappa shape index (κ3) is 7.96. The number of rotatable bonds is 12. The maximum absolute atomic E-state index is 6.27. The van der Waals surface area contributed by atoms with Gasteiger partial charge in [-0.05, 0) is 18.3 Å². The summed E-state index contributed by atoms with van der Waals surface area (Å²) in [4.78, 5) is 0. The Morgan fingerprint density at radius 1 is 0.944 bits per heavy atom. The molecule has 0 bridgehead atoms. The molecule has 0 aromatic rings. The predicted molar refractivity (Wildman–Crippen MR) is 90.2 cm³/mol. The molecule has 0 aliphatic carbocycles. The molecule has 0 aliphatic heterocycles. The van der Waals surface area contributed by atoms with Crippen molar-refractivity contribution in [3.63, 3.8) is 0 Å². The molecule has 1 nitrogen and oxygen atoms in total. The molecule has 0 saturated heterocycles. The molecule has 0 aromatic heterocycles. The molecule has 0 spiro atoms. The van der Waals surface area contributed by atoms with Crippen molar-refractivity contribution in [2.75, 3.05) is 0 Å². The first-order chi connectivity index (χ1) is 8.60. The Labute approximate surface area is 124 Å². The van der Waals surface area contributed by atoms with Gasteiger partial charge in [-0.15, -0.1) is 11.7 Å². The quantitative estimate of drug-likeness (QED) is 0.206. The average Bonchev–Trinajstić information content (AvgIpc) is 2.39. The molecule has 18 heavy (non-hydrogen) atoms. The molecule has 2 N–H and O–H groups in total. The minimum absolute atomic E-state index is 0.170. The summed E-state index contributed by atoms with van der Waals surface area (Å²) < 4.78 is 0. The van der Waals surface area contributed by atoms with Crippen molar-refractivity contribution in [1.29, 1.82) is 0 Å². The Bertz CT molecular complexity index is 173. The van der Waals surface area contributed by atoms with E-state index >= 15 is 0 Å². The minimum atomic E-state index is 0.170. The van der Waals surface area contributed by atoms with Crippen LogP contribution in [0.5, 0.6) is 0 Å². The van der Waals surface area contributed by atoms with Crippen molar-refractivity contribution in [1.82, 2.24) is 0 Å². The maximum atomic E-state index is 6.27. The van der Waals surface area contributed by atoms with Gasteiger partial charge in [-0.2, -0.15) is 0 Å². The first-order valence-corrected chi connectivity index (χ1v) is 9.59. The predicted octanol–water partition coefficient (Wildman–Crippen LogP) is 5.80. The second-order valence-electron chi connectivity index (χ2n) is 5.80. The molecule has 3 heteroatoms. The number of unbranched alkanes of at least 4 members (excludes halogenated alkanes) is 6. The zero-order chi connectivity index (χ0) is 13.9. The van der Waals surface area contributed by atoms with E-state index in [1.807, 2.05) is 0 Å². The first kappa shape index (κ1) is 18.7. The van der Waals surface area contributed by atoms with Crippen LogP contribution in [-0.2, 0) is 0 Å². The number of hydrogen-bond acceptors (Lipinski definition) is 3. The lowest BCUT2D eigenvalue weighted by Gasteiger charge is -2.34. The lowest BCUT2D eigenvalue weighted by Crippen LogP contribution is -2.36. The van der Waals surface area contributed by atoms with E-state index in [0.29, 0.717) is 0 Å². The van der Waals surface area contributed by atoms with Crippen molar-refractivity contribution in [2.24, 2.45) is 11.1 Å². The smallest absolute Gasteiger partial charge is 0.0663 e. The summed E-state index contributed by atoms with van der Waals surface area (Å²) in [7, 11) is 1.53. The monoisotopic (exact) mass is 291 g/mol. The highest BCUT2D eigenvalue weighted by Gasteiger charge is 2.30. The van der Waals surface area contributed by atoms with Crippen LogP contribution in [0.4, 0.5) is 0 Å². The third-order valence-electron chi connectivity index (χ3n) is 4.00. The van der Waals surface area contributed by atoms with Gasteiger partial charge >= 0.3 is 0 Å². The molecule has 0 heterocycles. The average molecular weight is 292 g/mol. The molecule has 110 valence electrons. The Morgan fingerprint density at radius 2 is 1.39 bits per heavy atom. The summed E-state index contributed by atoms with van der Waals surface area (Å²) in [5.74, 6) is 0. The van der Waals surface area contributed by atoms with Crippen molar-refractivity contribution in [3.05, 3.63) is 0 Å². The highest BCUT2D eigenvalue weighted by Crippen LogP contribution is 2.39. The van der Waals surface area contributed by atoms with Crippen LogP contribution >= 0.6 is 22.5 Å². The van der Waals surface area contributed by atoms with E-state index in [2.05, 4.69) is 32.4 Å². The zero-order valence-corrected chi connectivity index (χ0v) is 14.3. The van der Waals surface area contributed by atoms with Crippen LogP contribution in [0.2, 0.25) is 0 Å². The van der Waals surface area contributed by atoms with E-state index in [1.54, 1.807) is 0 Å². The molecule has 0 rings (SSSR count). The van der Waals surface area contributed by atoms with E-state index in [9.17, 15) is 0 Å². The Morgan fingerprint density at radius 3 is 1.72 bits per heavy atom. The molecule has 0 radical (unpaired) electrons. The Hall–Kier alpha value is 0.660. The number of thiol groups is 1. The first-order valence-electron chi connectivity index (χ1n) is 7.66. The molecular weight excluding hydrogens is 258 g/mol. The minimum Gasteiger partial charge on any atom is -0.318 e. The van der Waals surface area contributed by atoms with Crippen LogP contribution in [-0.4, -0.2) is 5.37 Å². The van der Waals surface area contributed by atoms with Crippen molar-refractivity contribution >= 4 is 22.5 Å². The highest BCUT2D eigenvalue weighted by molar-refractivity contribution is 8.68. The third-order valence-corrected chi connectivity index (χ3v) is 5.48. The summed E-state index contributed by atoms with van der Waals surface area (Å²) in [6, 6.07) is 0. The normalized spacial score (nSPS) is 13.8. The van der Waals surface area contributed by atoms with Gasteiger partial charge in [0.1, 0.15) is 0 Å². The van der Waals surface area contributed by atoms with Crippen molar-refractivity contribution in [2.45, 2.75) is 90.4 Å². The SMILES string of the molecule is CCCCCCC(C)(CCCCCC)C(N)SS. The Kier molecular flexibility index (Phi) is 11.9. The molecule has 1 unspecified atom stereocenters. The van der Waals surface area contributed by atoms with Crippen LogP contribution in [0.25, 0.3) is 0 Å². The van der Waals surface area contributed by atoms with E-state index < -0.39 is 0 Å². The van der Waals surface area contributed by atoms with Crippen molar-refractivity contribution in [3.8, 4) is 0 Å². The van der Waals surface area contributed by atoms with Crippen LogP contribution < -0.4 is 5.73 Å². The second kappa shape index (κ2) is 11.5. The fraction of sp³-hybridized carbons (Fsp3) is 1.00. The number of hydrogen-bond donors (Lipinski definition) is 2. The fourth-order valence-corrected chi connectivity index (χ4v) is 3.70. The van der Waals surface area contributed by atoms with E-state index in [4.69, 9.17) is 5.73 Å². The standard InChI is InChI=1S/C15H33NS2/c1-4-6-8-10-12-15(3,14(16)18-17)13-11-9-7-5-2/h14,17H,4-13,16H2,1-3H3. The van der Waals surface area contributed by atoms with Gasteiger partial charge < -0.3 is 5.73 Å². The molecule has 0 saturated carbocycles. The molecule has 0 amide bonds. The molecule has 0 aliphatic rings. The van der Waals surface area contributed by atoms with Crippen LogP contribution in [0, 0.1) is 5.41 Å². The van der Waals surface area contributed by atoms with Crippen molar-refractivity contribution < 1.29 is 0 Å². The lowest BCUT2D eigenvalue weighted by molar-refractivity contribution is 0.245. The van der Waals surface area contributed by atoms with E-state index in [0.717, 1.165) is 0 Å². The van der Waals surface area contributed by atoms with Gasteiger partial charge in [0.2, 0.25) is 0 Å². The summed E-state index contributed by atoms with van der Waals surface area (Å²) in [6.45, 7) is 6.89. The Balaban J connectivity index is 4.07. The lowest BCUT2D eigenvalue weighted by atomic mass is 9.79. The van der Waals surface area contributed by atoms with Gasteiger partial charge in [0.05, 0.1) is 5.37 Å². The largest absolute Gasteiger partial charge is 0.318 e. The van der Waals surface area contributed by atoms with Crippen LogP contribution in [0.3, 0.4) is 0 Å². The van der Waals surface area contributed by atoms with E-state index in [-0.39, 0.29) is 10.8 Å². The van der Waals surface area contributed by atoms with E-state index in [1.165, 1.54) is 75.0 Å². The number of nitrogens with two attached hydrogens (primary N) is 1. The summed E-state index contributed by atoms with van der Waals surface area (Å²) in [5, 5.41) is 0.170. The summed E-state index contributed by atoms with van der Waals surface area (Å²) in [5.41, 5.74) is 6.54. The zero-order valence-electron chi connectivity index (χ0n) is 12.6. The van der Waals surface area contributed by atoms with Gasteiger partial charge in [-0.25, -0.2) is 0 Å². The highest BCUT2D eigenvalue weighted by atomic mass is 33.1. The van der Waals surface area contributed by atoms with Gasteiger partial charge in [0, 0.05) is 0 Å². The van der Waals surface area contributed by atoms with Crippen LogP contribution in [0.15, 0.2) is 0 Å². The topological polar surface area (TPSA) is 26.0 Å². The summed E-state index contributed by atoms with van der Waals surface area (Å²) >= 11 is 4.33. The summed E-state index contributed by atoms with van der Waals surface area (Å²) in [6.07, 6.45) is 13.2.